The van der Waals surface area contributed by atoms with E-state index in [-0.39, 0.29) is 37.6 Å². The van der Waals surface area contributed by atoms with Crippen LogP contribution in [-0.4, -0.2) is 44.5 Å². The van der Waals surface area contributed by atoms with Gasteiger partial charge in [-0.25, -0.2) is 4.39 Å². The van der Waals surface area contributed by atoms with Gasteiger partial charge in [0.15, 0.2) is 11.5 Å². The summed E-state index contributed by atoms with van der Waals surface area (Å²) in [6.45, 7) is 0.928. The number of piperidine rings is 1. The van der Waals surface area contributed by atoms with Gasteiger partial charge in [0, 0.05) is 25.1 Å². The molecule has 0 spiro atoms. The van der Waals surface area contributed by atoms with Crippen molar-refractivity contribution < 1.29 is 35.9 Å². The van der Waals surface area contributed by atoms with Crippen LogP contribution in [0.3, 0.4) is 0 Å². The zero-order valence-corrected chi connectivity index (χ0v) is 16.2. The Bertz CT molecular complexity index is 967. The van der Waals surface area contributed by atoms with E-state index >= 15 is 0 Å². The summed E-state index contributed by atoms with van der Waals surface area (Å²) in [5, 5.41) is 1.20. The first-order valence-electron chi connectivity index (χ1n) is 9.07. The van der Waals surface area contributed by atoms with E-state index in [1.165, 1.54) is 17.2 Å². The molecule has 0 saturated carbocycles. The van der Waals surface area contributed by atoms with Gasteiger partial charge in [-0.1, -0.05) is 12.1 Å². The summed E-state index contributed by atoms with van der Waals surface area (Å²) in [6.07, 6.45) is 0.552. The van der Waals surface area contributed by atoms with E-state index in [0.29, 0.717) is 30.2 Å². The highest BCUT2D eigenvalue weighted by atomic mass is 32.3. The molecule has 0 amide bonds. The highest BCUT2D eigenvalue weighted by molar-refractivity contribution is 7.80. The van der Waals surface area contributed by atoms with E-state index in [9.17, 15) is 12.8 Å². The number of benzene rings is 2. The van der Waals surface area contributed by atoms with Crippen molar-refractivity contribution in [2.45, 2.75) is 12.3 Å². The Morgan fingerprint density at radius 2 is 1.90 bits per heavy atom. The predicted octanol–water partition coefficient (Wildman–Crippen LogP) is 2.77. The van der Waals surface area contributed by atoms with Crippen LogP contribution in [0.2, 0.25) is 0 Å². The van der Waals surface area contributed by atoms with Crippen molar-refractivity contribution in [2.75, 3.05) is 26.5 Å². The summed E-state index contributed by atoms with van der Waals surface area (Å²) < 4.78 is 65.6. The van der Waals surface area contributed by atoms with E-state index in [1.54, 1.807) is 30.3 Å². The third kappa shape index (κ3) is 4.96. The fourth-order valence-corrected chi connectivity index (χ4v) is 4.09. The highest BCUT2D eigenvalue weighted by Crippen LogP contribution is 2.37. The monoisotopic (exact) mass is 425 g/mol. The number of fused-ring (bicyclic) bond motifs is 1. The number of halogens is 1. The van der Waals surface area contributed by atoms with Gasteiger partial charge >= 0.3 is 10.4 Å². The molecule has 1 fully saturated rings. The zero-order valence-electron chi connectivity index (χ0n) is 15.4. The molecule has 2 atom stereocenters. The summed E-state index contributed by atoms with van der Waals surface area (Å²) >= 11 is 0. The molecule has 156 valence electrons. The van der Waals surface area contributed by atoms with Gasteiger partial charge in [0.2, 0.25) is 6.79 Å². The van der Waals surface area contributed by atoms with Crippen LogP contribution in [0.25, 0.3) is 0 Å². The van der Waals surface area contributed by atoms with E-state index < -0.39 is 10.4 Å². The van der Waals surface area contributed by atoms with Gasteiger partial charge in [0.05, 0.1) is 6.61 Å². The maximum absolute atomic E-state index is 13.3. The van der Waals surface area contributed by atoms with Crippen LogP contribution in [0.5, 0.6) is 17.2 Å². The maximum Gasteiger partial charge on any atom is 0.413 e. The molecule has 1 saturated heterocycles. The van der Waals surface area contributed by atoms with Gasteiger partial charge in [0.1, 0.15) is 11.6 Å². The molecular formula is C19H20FNO7S. The Morgan fingerprint density at radius 3 is 2.66 bits per heavy atom. The molecule has 1 N–H and O–H groups in total. The molecule has 29 heavy (non-hydrogen) atoms. The smallest absolute Gasteiger partial charge is 0.413 e. The Hall–Kier alpha value is -2.40. The lowest BCUT2D eigenvalue weighted by atomic mass is 9.81. The van der Waals surface area contributed by atoms with Crippen molar-refractivity contribution in [1.29, 1.82) is 0 Å². The Balaban J connectivity index is 1.49. The minimum Gasteiger partial charge on any atom is -0.493 e. The largest absolute Gasteiger partial charge is 0.493 e. The van der Waals surface area contributed by atoms with Crippen LogP contribution >= 0.6 is 0 Å². The van der Waals surface area contributed by atoms with E-state index in [0.717, 1.165) is 5.56 Å². The van der Waals surface area contributed by atoms with Gasteiger partial charge < -0.3 is 14.2 Å². The van der Waals surface area contributed by atoms with Crippen LogP contribution in [-0.2, 0) is 14.7 Å². The van der Waals surface area contributed by atoms with Gasteiger partial charge in [-0.2, -0.15) is 17.8 Å². The minimum absolute atomic E-state index is 0.00542. The van der Waals surface area contributed by atoms with Gasteiger partial charge in [-0.05, 0) is 42.2 Å². The Labute approximate surface area is 167 Å². The zero-order chi connectivity index (χ0) is 20.4. The third-order valence-corrected chi connectivity index (χ3v) is 5.40. The molecule has 2 aromatic carbocycles. The van der Waals surface area contributed by atoms with E-state index in [4.69, 9.17) is 18.8 Å². The molecule has 2 heterocycles. The molecular weight excluding hydrogens is 405 g/mol. The maximum atomic E-state index is 13.3. The van der Waals surface area contributed by atoms with E-state index in [1.807, 2.05) is 0 Å². The molecule has 4 rings (SSSR count). The SMILES string of the molecule is O=S(=O)(O)ON1CC[C@@H](c2ccc(F)cc2)[C@H](COc2ccc3c(c2)OCO3)C1. The normalized spacial score (nSPS) is 21.9. The molecule has 10 heteroatoms. The minimum atomic E-state index is -4.60. The number of nitrogens with zero attached hydrogens (tertiary/aromatic N) is 1. The second kappa shape index (κ2) is 8.15. The molecule has 0 unspecified atom stereocenters. The van der Waals surface area contributed by atoms with Crippen LogP contribution in [0.15, 0.2) is 42.5 Å². The second-order valence-corrected chi connectivity index (χ2v) is 7.93. The summed E-state index contributed by atoms with van der Waals surface area (Å²) in [5.41, 5.74) is 0.928. The van der Waals surface area contributed by atoms with E-state index in [2.05, 4.69) is 4.28 Å². The summed E-state index contributed by atoms with van der Waals surface area (Å²) in [4.78, 5) is 0. The molecule has 0 bridgehead atoms. The van der Waals surface area contributed by atoms with Crippen LogP contribution in [0.4, 0.5) is 4.39 Å². The van der Waals surface area contributed by atoms with Gasteiger partial charge in [-0.3, -0.25) is 4.55 Å². The van der Waals surface area contributed by atoms with Crippen LogP contribution in [0, 0.1) is 11.7 Å². The molecule has 2 aromatic rings. The number of ether oxygens (including phenoxy) is 3. The molecule has 8 nitrogen and oxygen atoms in total. The molecule has 0 aromatic heterocycles. The first-order valence-corrected chi connectivity index (χ1v) is 10.4. The van der Waals surface area contributed by atoms with Crippen molar-refractivity contribution in [3.8, 4) is 17.2 Å². The predicted molar refractivity (Wildman–Crippen MR) is 99.5 cm³/mol. The number of hydrogen-bond donors (Lipinski definition) is 1. The number of rotatable bonds is 6. The lowest BCUT2D eigenvalue weighted by Crippen LogP contribution is -2.42. The van der Waals surface area contributed by atoms with Crippen LogP contribution in [0.1, 0.15) is 17.9 Å². The van der Waals surface area contributed by atoms with Crippen molar-refractivity contribution in [1.82, 2.24) is 5.06 Å². The van der Waals surface area contributed by atoms with Crippen molar-refractivity contribution in [3.05, 3.63) is 53.8 Å². The molecule has 0 radical (unpaired) electrons. The van der Waals surface area contributed by atoms with Crippen molar-refractivity contribution in [3.63, 3.8) is 0 Å². The molecule has 0 aliphatic carbocycles. The number of hydrogen-bond acceptors (Lipinski definition) is 7. The topological polar surface area (TPSA) is 94.5 Å². The Morgan fingerprint density at radius 1 is 1.14 bits per heavy atom. The average Bonchev–Trinajstić information content (AvgIpc) is 3.14. The summed E-state index contributed by atoms with van der Waals surface area (Å²) in [7, 11) is -4.60. The third-order valence-electron chi connectivity index (χ3n) is 5.00. The fraction of sp³-hybridized carbons (Fsp3) is 0.368. The molecule has 2 aliphatic rings. The first-order chi connectivity index (χ1) is 13.9. The number of hydroxylamine groups is 2. The average molecular weight is 425 g/mol. The van der Waals surface area contributed by atoms with Crippen molar-refractivity contribution in [2.24, 2.45) is 5.92 Å². The van der Waals surface area contributed by atoms with Crippen LogP contribution < -0.4 is 14.2 Å². The Kier molecular flexibility index (Phi) is 5.59. The lowest BCUT2D eigenvalue weighted by molar-refractivity contribution is -0.0990. The molecule has 2 aliphatic heterocycles. The quantitative estimate of drug-likeness (QED) is 0.706. The van der Waals surface area contributed by atoms with Gasteiger partial charge in [-0.15, -0.1) is 0 Å². The van der Waals surface area contributed by atoms with Gasteiger partial charge in [0.25, 0.3) is 0 Å². The highest BCUT2D eigenvalue weighted by Gasteiger charge is 2.33. The second-order valence-electron chi connectivity index (χ2n) is 6.92. The fourth-order valence-electron chi connectivity index (χ4n) is 3.69. The summed E-state index contributed by atoms with van der Waals surface area (Å²) in [6, 6.07) is 11.5. The first kappa shape index (κ1) is 19.9. The summed E-state index contributed by atoms with van der Waals surface area (Å²) in [5.74, 6) is 1.34. The van der Waals surface area contributed by atoms with Crippen molar-refractivity contribution >= 4 is 10.4 Å². The lowest BCUT2D eigenvalue weighted by Gasteiger charge is -2.37. The standard InChI is InChI=1S/C19H20FNO7S/c20-15-3-1-13(2-4-15)17-7-8-21(28-29(22,23)24)10-14(17)11-25-16-5-6-18-19(9-16)27-12-26-18/h1-6,9,14,17H,7-8,10-12H2,(H,22,23,24)/t14-,17-/m0/s1.